The number of nitrogens with zero attached hydrogens (tertiary/aromatic N) is 3. The summed E-state index contributed by atoms with van der Waals surface area (Å²) < 4.78 is 36.0. The molecule has 0 amide bonds. The number of aliphatic hydroxyl groups is 1. The van der Waals surface area contributed by atoms with Gasteiger partial charge in [-0.2, -0.15) is 5.26 Å². The maximum absolute atomic E-state index is 15.6. The summed E-state index contributed by atoms with van der Waals surface area (Å²) in [6.45, 7) is 0. The predicted molar refractivity (Wildman–Crippen MR) is 121 cm³/mol. The van der Waals surface area contributed by atoms with Crippen molar-refractivity contribution in [1.82, 2.24) is 4.98 Å². The molecule has 4 rings (SSSR count). The Labute approximate surface area is 188 Å². The third kappa shape index (κ3) is 3.97. The molecule has 0 radical (unpaired) electrons. The molecule has 1 aliphatic rings. The van der Waals surface area contributed by atoms with Gasteiger partial charge in [0, 0.05) is 16.5 Å². The summed E-state index contributed by atoms with van der Waals surface area (Å²) in [6, 6.07) is 12.9. The van der Waals surface area contributed by atoms with Crippen LogP contribution in [0.1, 0.15) is 18.4 Å². The van der Waals surface area contributed by atoms with Crippen molar-refractivity contribution < 1.29 is 18.6 Å². The molecule has 168 valence electrons. The highest BCUT2D eigenvalue weighted by Gasteiger charge is 2.28. The number of rotatable bonds is 5. The van der Waals surface area contributed by atoms with Gasteiger partial charge in [-0.1, -0.05) is 30.3 Å². The average molecular weight is 449 g/mol. The maximum atomic E-state index is 15.6. The Morgan fingerprint density at radius 3 is 2.45 bits per heavy atom. The van der Waals surface area contributed by atoms with Crippen LogP contribution in [0.25, 0.3) is 27.9 Å². The van der Waals surface area contributed by atoms with E-state index < -0.39 is 17.7 Å². The van der Waals surface area contributed by atoms with Crippen LogP contribution in [0.2, 0.25) is 0 Å². The van der Waals surface area contributed by atoms with E-state index in [0.717, 1.165) is 0 Å². The van der Waals surface area contributed by atoms with Crippen LogP contribution in [0, 0.1) is 23.0 Å². The fourth-order valence-electron chi connectivity index (χ4n) is 3.75. The molecule has 1 heterocycles. The number of amidine groups is 1. The Morgan fingerprint density at radius 2 is 1.85 bits per heavy atom. The first-order chi connectivity index (χ1) is 15.8. The Kier molecular flexibility index (Phi) is 5.94. The molecule has 5 N–H and O–H groups in total. The number of ether oxygens (including phenoxy) is 1. The normalized spacial score (nSPS) is 18.9. The number of halogens is 2. The highest BCUT2D eigenvalue weighted by molar-refractivity contribution is 6.07. The van der Waals surface area contributed by atoms with E-state index in [0.29, 0.717) is 18.4 Å². The van der Waals surface area contributed by atoms with E-state index in [-0.39, 0.29) is 51.1 Å². The number of hydrogen-bond acceptors (Lipinski definition) is 6. The molecule has 0 aliphatic heterocycles. The van der Waals surface area contributed by atoms with Crippen LogP contribution >= 0.6 is 0 Å². The first kappa shape index (κ1) is 22.2. The number of fused-ring (bicyclic) bond motifs is 1. The molecule has 0 bridgehead atoms. The van der Waals surface area contributed by atoms with Crippen LogP contribution in [0.5, 0.6) is 5.75 Å². The minimum absolute atomic E-state index is 0.0799. The first-order valence-electron chi connectivity index (χ1n) is 10.2. The van der Waals surface area contributed by atoms with E-state index in [1.807, 2.05) is 6.07 Å². The smallest absolute Gasteiger partial charge is 0.191 e. The molecule has 0 saturated heterocycles. The third-order valence-corrected chi connectivity index (χ3v) is 5.58. The average Bonchev–Trinajstić information content (AvgIpc) is 2.79. The maximum Gasteiger partial charge on any atom is 0.191 e. The molecule has 3 aromatic rings. The standard InChI is InChI=1S/C24H21F2N5O2/c1-33-23-16-8-7-15(20(28)17(11-27)24(29)30-13-9-14(32)10-13)18(25)22(16)31-21(19(23)26)12-5-3-2-4-6-12/h2-8,13-14,32H,9-10,28H2,1H3,(H2,29,30)/b20-17-. The topological polar surface area (TPSA) is 131 Å². The number of methoxy groups -OCH3 is 1. The van der Waals surface area contributed by atoms with Gasteiger partial charge in [0.15, 0.2) is 17.4 Å². The second-order valence-electron chi connectivity index (χ2n) is 7.69. The zero-order valence-corrected chi connectivity index (χ0v) is 17.7. The van der Waals surface area contributed by atoms with Crippen LogP contribution in [0.15, 0.2) is 53.0 Å². The highest BCUT2D eigenvalue weighted by atomic mass is 19.1. The summed E-state index contributed by atoms with van der Waals surface area (Å²) in [5.41, 5.74) is 11.8. The van der Waals surface area contributed by atoms with E-state index in [4.69, 9.17) is 16.2 Å². The van der Waals surface area contributed by atoms with Gasteiger partial charge >= 0.3 is 0 Å². The number of aromatic nitrogens is 1. The van der Waals surface area contributed by atoms with E-state index in [2.05, 4.69) is 9.98 Å². The SMILES string of the molecule is COc1c(F)c(-c2ccccc2)nc2c(F)c(/C(N)=C(\C#N)C(N)=NC3CC(O)C3)ccc12. The van der Waals surface area contributed by atoms with Crippen LogP contribution < -0.4 is 16.2 Å². The molecule has 2 aromatic carbocycles. The lowest BCUT2D eigenvalue weighted by atomic mass is 9.90. The number of nitriles is 1. The van der Waals surface area contributed by atoms with Gasteiger partial charge in [0.05, 0.1) is 25.0 Å². The van der Waals surface area contributed by atoms with Gasteiger partial charge < -0.3 is 21.3 Å². The monoisotopic (exact) mass is 449 g/mol. The molecule has 1 fully saturated rings. The number of hydrogen-bond donors (Lipinski definition) is 3. The van der Waals surface area contributed by atoms with Gasteiger partial charge in [0.2, 0.25) is 0 Å². The van der Waals surface area contributed by atoms with Gasteiger partial charge in [-0.25, -0.2) is 13.8 Å². The van der Waals surface area contributed by atoms with Crippen LogP contribution in [0.4, 0.5) is 8.78 Å². The molecule has 0 atom stereocenters. The van der Waals surface area contributed by atoms with Crippen molar-refractivity contribution in [2.45, 2.75) is 25.0 Å². The van der Waals surface area contributed by atoms with Gasteiger partial charge in [0.25, 0.3) is 0 Å². The van der Waals surface area contributed by atoms with Crippen molar-refractivity contribution in [3.63, 3.8) is 0 Å². The van der Waals surface area contributed by atoms with Gasteiger partial charge in [0.1, 0.15) is 28.7 Å². The van der Waals surface area contributed by atoms with Crippen molar-refractivity contribution in [2.24, 2.45) is 16.5 Å². The van der Waals surface area contributed by atoms with Crippen molar-refractivity contribution in [3.05, 3.63) is 65.2 Å². The molecular weight excluding hydrogens is 428 g/mol. The molecule has 7 nitrogen and oxygen atoms in total. The van der Waals surface area contributed by atoms with Gasteiger partial charge in [-0.05, 0) is 25.0 Å². The second kappa shape index (κ2) is 8.84. The van der Waals surface area contributed by atoms with Crippen LogP contribution in [-0.2, 0) is 0 Å². The summed E-state index contributed by atoms with van der Waals surface area (Å²) in [5.74, 6) is -1.86. The van der Waals surface area contributed by atoms with Crippen LogP contribution in [0.3, 0.4) is 0 Å². The molecule has 33 heavy (non-hydrogen) atoms. The van der Waals surface area contributed by atoms with Crippen molar-refractivity contribution in [2.75, 3.05) is 7.11 Å². The summed E-state index contributed by atoms with van der Waals surface area (Å²) in [4.78, 5) is 8.43. The van der Waals surface area contributed by atoms with E-state index in [9.17, 15) is 10.4 Å². The van der Waals surface area contributed by atoms with Gasteiger partial charge in [-0.3, -0.25) is 4.99 Å². The quantitative estimate of drug-likeness (QED) is 0.311. The molecule has 1 aliphatic carbocycles. The highest BCUT2D eigenvalue weighted by Crippen LogP contribution is 2.36. The zero-order valence-electron chi connectivity index (χ0n) is 17.7. The number of benzene rings is 2. The van der Waals surface area contributed by atoms with Crippen molar-refractivity contribution >= 4 is 22.4 Å². The second-order valence-corrected chi connectivity index (χ2v) is 7.69. The lowest BCUT2D eigenvalue weighted by Crippen LogP contribution is -2.34. The number of pyridine rings is 1. The Hall–Kier alpha value is -4.03. The van der Waals surface area contributed by atoms with E-state index >= 15 is 8.78 Å². The largest absolute Gasteiger partial charge is 0.493 e. The molecule has 1 saturated carbocycles. The molecule has 0 unspecified atom stereocenters. The lowest BCUT2D eigenvalue weighted by molar-refractivity contribution is 0.0778. The van der Waals surface area contributed by atoms with E-state index in [1.54, 1.807) is 30.3 Å². The minimum atomic E-state index is -0.847. The number of nitrogens with two attached hydrogens (primary N) is 2. The summed E-state index contributed by atoms with van der Waals surface area (Å²) in [6.07, 6.45) is 0.416. The predicted octanol–water partition coefficient (Wildman–Crippen LogP) is 3.26. The molecule has 0 spiro atoms. The lowest BCUT2D eigenvalue weighted by Gasteiger charge is -2.28. The van der Waals surface area contributed by atoms with Gasteiger partial charge in [-0.15, -0.1) is 0 Å². The number of aliphatic hydroxyl groups excluding tert-OH is 1. The number of aliphatic imine (C=N–C) groups is 1. The van der Waals surface area contributed by atoms with Crippen LogP contribution in [-0.4, -0.2) is 35.2 Å². The van der Waals surface area contributed by atoms with Crippen molar-refractivity contribution in [1.29, 1.82) is 5.26 Å². The van der Waals surface area contributed by atoms with Crippen molar-refractivity contribution in [3.8, 4) is 23.1 Å². The third-order valence-electron chi connectivity index (χ3n) is 5.58. The Morgan fingerprint density at radius 1 is 1.15 bits per heavy atom. The van der Waals surface area contributed by atoms with E-state index in [1.165, 1.54) is 19.2 Å². The first-order valence-corrected chi connectivity index (χ1v) is 10.2. The molecule has 1 aromatic heterocycles. The molecule has 9 heteroatoms. The fraction of sp³-hybridized carbons (Fsp3) is 0.208. The fourth-order valence-corrected chi connectivity index (χ4v) is 3.75. The zero-order chi connectivity index (χ0) is 23.7. The summed E-state index contributed by atoms with van der Waals surface area (Å²) in [5, 5.41) is 19.1. The molecular formula is C24H21F2N5O2. The Balaban J connectivity index is 1.89. The summed E-state index contributed by atoms with van der Waals surface area (Å²) in [7, 11) is 1.29. The summed E-state index contributed by atoms with van der Waals surface area (Å²) >= 11 is 0. The Bertz CT molecular complexity index is 1330. The minimum Gasteiger partial charge on any atom is -0.493 e.